The molecule has 1 rings (SSSR count). The fourth-order valence-corrected chi connectivity index (χ4v) is 2.49. The topological polar surface area (TPSA) is 0 Å². The summed E-state index contributed by atoms with van der Waals surface area (Å²) in [4.78, 5) is 0. The van der Waals surface area contributed by atoms with Crippen molar-refractivity contribution in [3.63, 3.8) is 0 Å². The summed E-state index contributed by atoms with van der Waals surface area (Å²) in [6, 6.07) is 0. The smallest absolute Gasteiger partial charge is 0.0314 e. The van der Waals surface area contributed by atoms with Gasteiger partial charge in [0.1, 0.15) is 0 Å². The predicted octanol–water partition coefficient (Wildman–Crippen LogP) is 4.07. The summed E-state index contributed by atoms with van der Waals surface area (Å²) in [5.41, 5.74) is 1.38. The second kappa shape index (κ2) is 4.48. The number of aryl methyl sites for hydroxylation is 1. The molecule has 11 heavy (non-hydrogen) atoms. The van der Waals surface area contributed by atoms with Crippen molar-refractivity contribution in [1.29, 1.82) is 0 Å². The van der Waals surface area contributed by atoms with E-state index in [1.807, 2.05) is 6.92 Å². The minimum absolute atomic E-state index is 0.279. The summed E-state index contributed by atoms with van der Waals surface area (Å²) in [6.45, 7) is 2.03. The van der Waals surface area contributed by atoms with Crippen molar-refractivity contribution in [1.82, 2.24) is 0 Å². The van der Waals surface area contributed by atoms with E-state index in [0.717, 1.165) is 12.8 Å². The summed E-state index contributed by atoms with van der Waals surface area (Å²) in [7, 11) is 0. The maximum absolute atomic E-state index is 5.84. The van der Waals surface area contributed by atoms with Crippen LogP contribution in [-0.4, -0.2) is 5.38 Å². The Balaban J connectivity index is 2.44. The van der Waals surface area contributed by atoms with E-state index in [4.69, 9.17) is 11.6 Å². The van der Waals surface area contributed by atoms with Crippen LogP contribution in [0.2, 0.25) is 0 Å². The molecule has 0 bridgehead atoms. The van der Waals surface area contributed by atoms with E-state index in [2.05, 4.69) is 26.7 Å². The van der Waals surface area contributed by atoms with Crippen molar-refractivity contribution < 1.29 is 0 Å². The average molecular weight is 254 g/mol. The van der Waals surface area contributed by atoms with Crippen LogP contribution < -0.4 is 0 Å². The highest BCUT2D eigenvalue weighted by Crippen LogP contribution is 2.23. The Hall–Kier alpha value is 0.470. The molecule has 62 valence electrons. The van der Waals surface area contributed by atoms with Gasteiger partial charge in [-0.25, -0.2) is 0 Å². The Bertz CT molecular complexity index is 220. The van der Waals surface area contributed by atoms with Gasteiger partial charge >= 0.3 is 0 Å². The standard InChI is InChI=1S/C8H10BrClS/c1-6(10)2-3-7-4-11-5-8(7)9/h4-6H,2-3H2,1H3. The largest absolute Gasteiger partial charge is 0.151 e. The fourth-order valence-electron chi connectivity index (χ4n) is 0.841. The van der Waals surface area contributed by atoms with Crippen LogP contribution in [0.25, 0.3) is 0 Å². The molecule has 0 aliphatic heterocycles. The van der Waals surface area contributed by atoms with Crippen LogP contribution in [0.1, 0.15) is 18.9 Å². The average Bonchev–Trinajstić information content (AvgIpc) is 2.31. The van der Waals surface area contributed by atoms with Crippen LogP contribution in [0.4, 0.5) is 0 Å². The molecule has 1 aromatic rings. The lowest BCUT2D eigenvalue weighted by molar-refractivity contribution is 0.803. The van der Waals surface area contributed by atoms with E-state index in [0.29, 0.717) is 0 Å². The van der Waals surface area contributed by atoms with Gasteiger partial charge in [-0.3, -0.25) is 0 Å². The van der Waals surface area contributed by atoms with Gasteiger partial charge in [-0.2, -0.15) is 11.3 Å². The van der Waals surface area contributed by atoms with Gasteiger partial charge < -0.3 is 0 Å². The van der Waals surface area contributed by atoms with Gasteiger partial charge in [0, 0.05) is 15.2 Å². The van der Waals surface area contributed by atoms with E-state index >= 15 is 0 Å². The minimum atomic E-state index is 0.279. The highest BCUT2D eigenvalue weighted by Gasteiger charge is 2.02. The molecule has 0 aromatic carbocycles. The van der Waals surface area contributed by atoms with Crippen molar-refractivity contribution in [2.45, 2.75) is 25.1 Å². The second-order valence-corrected chi connectivity index (χ2v) is 4.91. The first-order chi connectivity index (χ1) is 5.20. The van der Waals surface area contributed by atoms with Crippen LogP contribution in [-0.2, 0) is 6.42 Å². The molecule has 0 aliphatic rings. The number of hydrogen-bond acceptors (Lipinski definition) is 1. The van der Waals surface area contributed by atoms with Crippen molar-refractivity contribution >= 4 is 38.9 Å². The van der Waals surface area contributed by atoms with E-state index in [-0.39, 0.29) is 5.38 Å². The Morgan fingerprint density at radius 2 is 2.36 bits per heavy atom. The third-order valence-corrected chi connectivity index (χ3v) is 3.55. The van der Waals surface area contributed by atoms with Crippen molar-refractivity contribution in [3.8, 4) is 0 Å². The zero-order valence-electron chi connectivity index (χ0n) is 6.31. The number of halogens is 2. The number of rotatable bonds is 3. The molecule has 0 saturated carbocycles. The molecule has 1 atom stereocenters. The highest BCUT2D eigenvalue weighted by atomic mass is 79.9. The van der Waals surface area contributed by atoms with Crippen molar-refractivity contribution in [2.75, 3.05) is 0 Å². The van der Waals surface area contributed by atoms with Crippen LogP contribution in [0.3, 0.4) is 0 Å². The monoisotopic (exact) mass is 252 g/mol. The van der Waals surface area contributed by atoms with E-state index < -0.39 is 0 Å². The van der Waals surface area contributed by atoms with Gasteiger partial charge in [0.15, 0.2) is 0 Å². The maximum Gasteiger partial charge on any atom is 0.0314 e. The zero-order chi connectivity index (χ0) is 8.27. The lowest BCUT2D eigenvalue weighted by Crippen LogP contribution is -1.93. The van der Waals surface area contributed by atoms with Crippen molar-refractivity contribution in [2.24, 2.45) is 0 Å². The lowest BCUT2D eigenvalue weighted by atomic mass is 10.1. The van der Waals surface area contributed by atoms with Crippen LogP contribution in [0.15, 0.2) is 15.2 Å². The number of thiophene rings is 1. The summed E-state index contributed by atoms with van der Waals surface area (Å²) in [6.07, 6.45) is 2.13. The Morgan fingerprint density at radius 3 is 2.82 bits per heavy atom. The van der Waals surface area contributed by atoms with Gasteiger partial charge in [-0.1, -0.05) is 0 Å². The molecular weight excluding hydrogens is 244 g/mol. The molecule has 0 aliphatic carbocycles. The minimum Gasteiger partial charge on any atom is -0.151 e. The summed E-state index contributed by atoms with van der Waals surface area (Å²) >= 11 is 11.0. The van der Waals surface area contributed by atoms with E-state index in [1.54, 1.807) is 11.3 Å². The molecule has 1 aromatic heterocycles. The van der Waals surface area contributed by atoms with Crippen LogP contribution >= 0.6 is 38.9 Å². The first-order valence-corrected chi connectivity index (χ1v) is 5.72. The molecule has 1 unspecified atom stereocenters. The molecular formula is C8H10BrClS. The Kier molecular flexibility index (Phi) is 3.90. The fraction of sp³-hybridized carbons (Fsp3) is 0.500. The van der Waals surface area contributed by atoms with Gasteiger partial charge in [-0.05, 0) is 46.6 Å². The van der Waals surface area contributed by atoms with E-state index in [9.17, 15) is 0 Å². The number of alkyl halides is 1. The maximum atomic E-state index is 5.84. The van der Waals surface area contributed by atoms with Crippen LogP contribution in [0.5, 0.6) is 0 Å². The normalized spacial score (nSPS) is 13.4. The van der Waals surface area contributed by atoms with Gasteiger partial charge in [0.05, 0.1) is 0 Å². The molecule has 1 heterocycles. The highest BCUT2D eigenvalue weighted by molar-refractivity contribution is 9.10. The van der Waals surface area contributed by atoms with Gasteiger partial charge in [-0.15, -0.1) is 11.6 Å². The summed E-state index contributed by atoms with van der Waals surface area (Å²) < 4.78 is 1.22. The molecule has 0 saturated heterocycles. The zero-order valence-corrected chi connectivity index (χ0v) is 9.47. The molecule has 0 radical (unpaired) electrons. The summed E-state index contributed by atoms with van der Waals surface area (Å²) in [5, 5.41) is 4.55. The third-order valence-electron chi connectivity index (χ3n) is 1.50. The molecule has 0 N–H and O–H groups in total. The molecule has 0 fully saturated rings. The van der Waals surface area contributed by atoms with Gasteiger partial charge in [0.2, 0.25) is 0 Å². The lowest BCUT2D eigenvalue weighted by Gasteiger charge is -2.00. The quantitative estimate of drug-likeness (QED) is 0.713. The van der Waals surface area contributed by atoms with Gasteiger partial charge in [0.25, 0.3) is 0 Å². The Labute approximate surface area is 84.7 Å². The second-order valence-electron chi connectivity index (χ2n) is 2.56. The molecule has 0 amide bonds. The van der Waals surface area contributed by atoms with E-state index in [1.165, 1.54) is 10.0 Å². The predicted molar refractivity (Wildman–Crippen MR) is 55.7 cm³/mol. The van der Waals surface area contributed by atoms with Crippen molar-refractivity contribution in [3.05, 3.63) is 20.8 Å². The first-order valence-electron chi connectivity index (χ1n) is 3.55. The molecule has 0 nitrogen and oxygen atoms in total. The molecule has 0 spiro atoms. The van der Waals surface area contributed by atoms with Crippen LogP contribution in [0, 0.1) is 0 Å². The third kappa shape index (κ3) is 3.14. The SMILES string of the molecule is CC(Cl)CCc1cscc1Br. The first kappa shape index (κ1) is 9.56. The number of hydrogen-bond donors (Lipinski definition) is 0. The Morgan fingerprint density at radius 1 is 1.64 bits per heavy atom. The summed E-state index contributed by atoms with van der Waals surface area (Å²) in [5.74, 6) is 0. The molecule has 3 heteroatoms.